The smallest absolute Gasteiger partial charge is 0.353 e. The molecular formula is C11H13NO2. The van der Waals surface area contributed by atoms with Gasteiger partial charge in [0.05, 0.1) is 7.11 Å². The first-order chi connectivity index (χ1) is 6.63. The lowest BCUT2D eigenvalue weighted by Gasteiger charge is -1.99. The molecule has 14 heavy (non-hydrogen) atoms. The summed E-state index contributed by atoms with van der Waals surface area (Å²) >= 11 is 0. The number of methoxy groups -OCH3 is 1. The van der Waals surface area contributed by atoms with Crippen LogP contribution in [0.5, 0.6) is 0 Å². The summed E-state index contributed by atoms with van der Waals surface area (Å²) in [4.78, 5) is 11.0. The molecule has 0 saturated heterocycles. The van der Waals surface area contributed by atoms with E-state index in [4.69, 9.17) is 5.73 Å². The second-order valence-electron chi connectivity index (χ2n) is 3.00. The van der Waals surface area contributed by atoms with Crippen molar-refractivity contribution < 1.29 is 9.53 Å². The third-order valence-electron chi connectivity index (χ3n) is 1.82. The van der Waals surface area contributed by atoms with Crippen molar-refractivity contribution in [1.29, 1.82) is 0 Å². The van der Waals surface area contributed by atoms with Crippen LogP contribution in [-0.2, 0) is 9.53 Å². The van der Waals surface area contributed by atoms with Crippen molar-refractivity contribution in [2.75, 3.05) is 7.11 Å². The van der Waals surface area contributed by atoms with Crippen LogP contribution in [-0.4, -0.2) is 13.1 Å². The Bertz CT molecular complexity index is 352. The van der Waals surface area contributed by atoms with Crippen LogP contribution >= 0.6 is 0 Å². The van der Waals surface area contributed by atoms with Crippen LogP contribution in [0.1, 0.15) is 11.1 Å². The van der Waals surface area contributed by atoms with Gasteiger partial charge in [0.1, 0.15) is 5.70 Å². The van der Waals surface area contributed by atoms with E-state index in [1.54, 1.807) is 6.08 Å². The number of carbonyl (C=O) groups excluding carboxylic acids is 1. The molecule has 0 radical (unpaired) electrons. The maximum absolute atomic E-state index is 11.0. The number of esters is 1. The molecule has 0 amide bonds. The van der Waals surface area contributed by atoms with Gasteiger partial charge in [0.2, 0.25) is 0 Å². The van der Waals surface area contributed by atoms with Crippen molar-refractivity contribution in [2.45, 2.75) is 6.92 Å². The zero-order valence-electron chi connectivity index (χ0n) is 8.28. The number of ether oxygens (including phenoxy) is 1. The molecule has 3 nitrogen and oxygen atoms in total. The average molecular weight is 191 g/mol. The van der Waals surface area contributed by atoms with Gasteiger partial charge in [-0.3, -0.25) is 0 Å². The monoisotopic (exact) mass is 191 g/mol. The zero-order valence-corrected chi connectivity index (χ0v) is 8.28. The van der Waals surface area contributed by atoms with Gasteiger partial charge >= 0.3 is 5.97 Å². The fourth-order valence-corrected chi connectivity index (χ4v) is 1.02. The van der Waals surface area contributed by atoms with Gasteiger partial charge < -0.3 is 10.5 Å². The van der Waals surface area contributed by atoms with E-state index < -0.39 is 5.97 Å². The molecule has 0 atom stereocenters. The highest BCUT2D eigenvalue weighted by Crippen LogP contribution is 2.06. The van der Waals surface area contributed by atoms with Crippen LogP contribution in [0.15, 0.2) is 30.0 Å². The minimum atomic E-state index is -0.509. The number of hydrogen-bond acceptors (Lipinski definition) is 3. The van der Waals surface area contributed by atoms with Gasteiger partial charge in [-0.15, -0.1) is 0 Å². The number of nitrogens with two attached hydrogens (primary N) is 1. The Hall–Kier alpha value is -1.77. The van der Waals surface area contributed by atoms with Gasteiger partial charge in [-0.25, -0.2) is 4.79 Å². The summed E-state index contributed by atoms with van der Waals surface area (Å²) in [5, 5.41) is 0. The Morgan fingerprint density at radius 2 is 1.93 bits per heavy atom. The van der Waals surface area contributed by atoms with Crippen LogP contribution < -0.4 is 5.73 Å². The van der Waals surface area contributed by atoms with E-state index >= 15 is 0 Å². The van der Waals surface area contributed by atoms with Crippen LogP contribution in [0.25, 0.3) is 6.08 Å². The first-order valence-corrected chi connectivity index (χ1v) is 4.25. The lowest BCUT2D eigenvalue weighted by Crippen LogP contribution is -2.12. The molecule has 0 saturated carbocycles. The first-order valence-electron chi connectivity index (χ1n) is 4.25. The normalized spacial score (nSPS) is 11.1. The standard InChI is InChI=1S/C11H13NO2/c1-8-3-5-9(6-4-8)7-10(12)11(13)14-2/h3-7H,12H2,1-2H3/b10-7-. The third-order valence-corrected chi connectivity index (χ3v) is 1.82. The fraction of sp³-hybridized carbons (Fsp3) is 0.182. The molecule has 2 N–H and O–H groups in total. The van der Waals surface area contributed by atoms with Gasteiger partial charge in [-0.05, 0) is 18.6 Å². The number of carbonyl (C=O) groups is 1. The topological polar surface area (TPSA) is 52.3 Å². The number of hydrogen-bond donors (Lipinski definition) is 1. The largest absolute Gasteiger partial charge is 0.464 e. The molecule has 0 fully saturated rings. The van der Waals surface area contributed by atoms with Crippen molar-refractivity contribution in [3.8, 4) is 0 Å². The predicted molar refractivity (Wildman–Crippen MR) is 55.4 cm³/mol. The van der Waals surface area contributed by atoms with Gasteiger partial charge in [0, 0.05) is 0 Å². The van der Waals surface area contributed by atoms with Crippen molar-refractivity contribution in [3.05, 3.63) is 41.1 Å². The molecule has 0 aliphatic rings. The van der Waals surface area contributed by atoms with E-state index in [0.29, 0.717) is 0 Å². The van der Waals surface area contributed by atoms with Gasteiger partial charge in [-0.2, -0.15) is 0 Å². The predicted octanol–water partition coefficient (Wildman–Crippen LogP) is 1.47. The van der Waals surface area contributed by atoms with E-state index in [0.717, 1.165) is 5.56 Å². The van der Waals surface area contributed by atoms with E-state index in [2.05, 4.69) is 4.74 Å². The minimum Gasteiger partial charge on any atom is -0.464 e. The van der Waals surface area contributed by atoms with Crippen LogP contribution in [0.2, 0.25) is 0 Å². The summed E-state index contributed by atoms with van der Waals surface area (Å²) < 4.78 is 4.48. The Morgan fingerprint density at radius 1 is 1.36 bits per heavy atom. The van der Waals surface area contributed by atoms with E-state index in [9.17, 15) is 4.79 Å². The van der Waals surface area contributed by atoms with Gasteiger partial charge in [-0.1, -0.05) is 29.8 Å². The van der Waals surface area contributed by atoms with Crippen molar-refractivity contribution >= 4 is 12.0 Å². The maximum Gasteiger partial charge on any atom is 0.353 e. The summed E-state index contributed by atoms with van der Waals surface area (Å²) in [6.45, 7) is 2.00. The number of rotatable bonds is 2. The molecule has 1 aromatic carbocycles. The highest BCUT2D eigenvalue weighted by molar-refractivity contribution is 5.92. The molecule has 0 aromatic heterocycles. The Kier molecular flexibility index (Phi) is 3.29. The molecule has 0 aliphatic heterocycles. The molecule has 1 rings (SSSR count). The summed E-state index contributed by atoms with van der Waals surface area (Å²) in [6, 6.07) is 7.70. The SMILES string of the molecule is COC(=O)/C(N)=C/c1ccc(C)cc1. The van der Waals surface area contributed by atoms with Gasteiger partial charge in [0.15, 0.2) is 0 Å². The molecule has 0 bridgehead atoms. The third kappa shape index (κ3) is 2.62. The minimum absolute atomic E-state index is 0.108. The lowest BCUT2D eigenvalue weighted by atomic mass is 10.1. The lowest BCUT2D eigenvalue weighted by molar-refractivity contribution is -0.136. The molecule has 74 valence electrons. The quantitative estimate of drug-likeness (QED) is 0.569. The molecule has 0 spiro atoms. The molecule has 0 aliphatic carbocycles. The Labute approximate surface area is 83.2 Å². The molecule has 0 heterocycles. The number of benzene rings is 1. The summed E-state index contributed by atoms with van der Waals surface area (Å²) in [6.07, 6.45) is 1.59. The van der Waals surface area contributed by atoms with Crippen LogP contribution in [0, 0.1) is 6.92 Å². The first kappa shape index (κ1) is 10.3. The second kappa shape index (κ2) is 4.46. The summed E-state index contributed by atoms with van der Waals surface area (Å²) in [7, 11) is 1.30. The molecule has 0 unspecified atom stereocenters. The summed E-state index contributed by atoms with van der Waals surface area (Å²) in [5.41, 5.74) is 7.65. The van der Waals surface area contributed by atoms with Crippen LogP contribution in [0.4, 0.5) is 0 Å². The van der Waals surface area contributed by atoms with Crippen molar-refractivity contribution in [2.24, 2.45) is 5.73 Å². The average Bonchev–Trinajstić information content (AvgIpc) is 2.20. The van der Waals surface area contributed by atoms with Crippen molar-refractivity contribution in [1.82, 2.24) is 0 Å². The fourth-order valence-electron chi connectivity index (χ4n) is 1.02. The maximum atomic E-state index is 11.0. The Morgan fingerprint density at radius 3 is 2.43 bits per heavy atom. The molecular weight excluding hydrogens is 178 g/mol. The molecule has 3 heteroatoms. The molecule has 1 aromatic rings. The van der Waals surface area contributed by atoms with Crippen LogP contribution in [0.3, 0.4) is 0 Å². The van der Waals surface area contributed by atoms with E-state index in [1.807, 2.05) is 31.2 Å². The summed E-state index contributed by atoms with van der Waals surface area (Å²) in [5.74, 6) is -0.509. The highest BCUT2D eigenvalue weighted by Gasteiger charge is 2.03. The second-order valence-corrected chi connectivity index (χ2v) is 3.00. The van der Waals surface area contributed by atoms with E-state index in [1.165, 1.54) is 12.7 Å². The van der Waals surface area contributed by atoms with Crippen molar-refractivity contribution in [3.63, 3.8) is 0 Å². The van der Waals surface area contributed by atoms with Gasteiger partial charge in [0.25, 0.3) is 0 Å². The highest BCUT2D eigenvalue weighted by atomic mass is 16.5. The zero-order chi connectivity index (χ0) is 10.6. The Balaban J connectivity index is 2.86. The number of aryl methyl sites for hydroxylation is 1. The van der Waals surface area contributed by atoms with E-state index in [-0.39, 0.29) is 5.70 Å².